The van der Waals surface area contributed by atoms with Crippen LogP contribution in [-0.2, 0) is 9.84 Å². The molecule has 0 spiro atoms. The molecule has 1 aliphatic heterocycles. The molecule has 2 rings (SSSR count). The van der Waals surface area contributed by atoms with Gasteiger partial charge < -0.3 is 5.32 Å². The molecule has 3 nitrogen and oxygen atoms in total. The van der Waals surface area contributed by atoms with E-state index in [1.54, 1.807) is 0 Å². The molecule has 0 unspecified atom stereocenters. The number of halogens is 2. The van der Waals surface area contributed by atoms with Crippen LogP contribution in [0.5, 0.6) is 0 Å². The second kappa shape index (κ2) is 4.84. The number of sulfone groups is 1. The smallest absolute Gasteiger partial charge is 0.150 e. The maximum Gasteiger partial charge on any atom is 0.150 e. The summed E-state index contributed by atoms with van der Waals surface area (Å²) in [6, 6.07) is 2.13. The predicted octanol–water partition coefficient (Wildman–Crippen LogP) is 2.26. The average Bonchev–Trinajstić information content (AvgIpc) is 2.28. The van der Waals surface area contributed by atoms with Crippen molar-refractivity contribution in [1.29, 1.82) is 0 Å². The summed E-state index contributed by atoms with van der Waals surface area (Å²) in [6.07, 6.45) is 0.856. The van der Waals surface area contributed by atoms with Crippen LogP contribution in [0.4, 0.5) is 14.5 Å². The van der Waals surface area contributed by atoms with Gasteiger partial charge in [0, 0.05) is 12.1 Å². The molecule has 1 saturated heterocycles. The molecule has 100 valence electrons. The van der Waals surface area contributed by atoms with Crippen LogP contribution in [0.3, 0.4) is 0 Å². The fourth-order valence-electron chi connectivity index (χ4n) is 2.01. The molecular formula is C12H15F2NO2S. The molecule has 1 heterocycles. The summed E-state index contributed by atoms with van der Waals surface area (Å²) in [5.74, 6) is -0.786. The van der Waals surface area contributed by atoms with Crippen molar-refractivity contribution in [2.45, 2.75) is 25.8 Å². The summed E-state index contributed by atoms with van der Waals surface area (Å²) in [4.78, 5) is 0. The Balaban J connectivity index is 2.09. The lowest BCUT2D eigenvalue weighted by molar-refractivity contribution is 0.554. The second-order valence-electron chi connectivity index (χ2n) is 4.65. The molecule has 0 saturated carbocycles. The number of nitrogens with one attached hydrogen (secondary N) is 1. The lowest BCUT2D eigenvalue weighted by Gasteiger charge is -2.24. The monoisotopic (exact) mass is 275 g/mol. The number of rotatable bonds is 2. The number of hydrogen-bond donors (Lipinski definition) is 1. The zero-order valence-electron chi connectivity index (χ0n) is 10.0. The molecular weight excluding hydrogens is 260 g/mol. The van der Waals surface area contributed by atoms with E-state index in [1.807, 2.05) is 0 Å². The number of benzene rings is 1. The first-order chi connectivity index (χ1) is 8.37. The average molecular weight is 275 g/mol. The van der Waals surface area contributed by atoms with Crippen molar-refractivity contribution in [2.75, 3.05) is 16.8 Å². The van der Waals surface area contributed by atoms with Gasteiger partial charge in [-0.2, -0.15) is 0 Å². The van der Waals surface area contributed by atoms with E-state index in [4.69, 9.17) is 0 Å². The highest BCUT2D eigenvalue weighted by atomic mass is 32.2. The second-order valence-corrected chi connectivity index (χ2v) is 6.96. The zero-order valence-corrected chi connectivity index (χ0v) is 10.9. The van der Waals surface area contributed by atoms with E-state index in [0.717, 1.165) is 12.1 Å². The first kappa shape index (κ1) is 13.3. The third kappa shape index (κ3) is 2.98. The third-order valence-electron chi connectivity index (χ3n) is 3.16. The van der Waals surface area contributed by atoms with Crippen LogP contribution in [0.1, 0.15) is 18.4 Å². The van der Waals surface area contributed by atoms with E-state index in [2.05, 4.69) is 5.32 Å². The van der Waals surface area contributed by atoms with Gasteiger partial charge in [-0.05, 0) is 31.4 Å². The highest BCUT2D eigenvalue weighted by molar-refractivity contribution is 7.91. The summed E-state index contributed by atoms with van der Waals surface area (Å²) in [5.41, 5.74) is 0.353. The van der Waals surface area contributed by atoms with E-state index in [9.17, 15) is 17.2 Å². The van der Waals surface area contributed by atoms with Crippen LogP contribution in [-0.4, -0.2) is 26.0 Å². The van der Waals surface area contributed by atoms with Gasteiger partial charge in [0.25, 0.3) is 0 Å². The minimum Gasteiger partial charge on any atom is -0.380 e. The van der Waals surface area contributed by atoms with Crippen LogP contribution in [0, 0.1) is 18.6 Å². The van der Waals surface area contributed by atoms with Gasteiger partial charge in [0.15, 0.2) is 0 Å². The Morgan fingerprint density at radius 1 is 1.17 bits per heavy atom. The molecule has 1 fully saturated rings. The van der Waals surface area contributed by atoms with Crippen LogP contribution in [0.2, 0.25) is 0 Å². The van der Waals surface area contributed by atoms with Gasteiger partial charge in [0.2, 0.25) is 0 Å². The lowest BCUT2D eigenvalue weighted by Crippen LogP contribution is -2.32. The standard InChI is InChI=1S/C12H15F2NO2S/c1-8-6-11(14)12(7-10(8)13)15-9-2-4-18(16,17)5-3-9/h6-7,9,15H,2-5H2,1H3. The van der Waals surface area contributed by atoms with Gasteiger partial charge in [-0.25, -0.2) is 17.2 Å². The summed E-state index contributed by atoms with van der Waals surface area (Å²) in [6.45, 7) is 1.50. The molecule has 0 aliphatic carbocycles. The first-order valence-electron chi connectivity index (χ1n) is 5.80. The van der Waals surface area contributed by atoms with Crippen molar-refractivity contribution in [3.63, 3.8) is 0 Å². The predicted molar refractivity (Wildman–Crippen MR) is 66.4 cm³/mol. The Labute approximate surface area is 105 Å². The van der Waals surface area contributed by atoms with E-state index in [1.165, 1.54) is 6.92 Å². The molecule has 0 bridgehead atoms. The summed E-state index contributed by atoms with van der Waals surface area (Å²) in [5, 5.41) is 2.88. The van der Waals surface area contributed by atoms with Gasteiger partial charge in [0.1, 0.15) is 21.5 Å². The van der Waals surface area contributed by atoms with Crippen LogP contribution in [0.25, 0.3) is 0 Å². The van der Waals surface area contributed by atoms with Gasteiger partial charge in [0.05, 0.1) is 17.2 Å². The molecule has 1 N–H and O–H groups in total. The fraction of sp³-hybridized carbons (Fsp3) is 0.500. The molecule has 0 amide bonds. The Bertz CT molecular complexity index is 543. The van der Waals surface area contributed by atoms with Crippen LogP contribution in [0.15, 0.2) is 12.1 Å². The molecule has 1 aliphatic rings. The van der Waals surface area contributed by atoms with E-state index < -0.39 is 21.5 Å². The highest BCUT2D eigenvalue weighted by Gasteiger charge is 2.24. The normalized spacial score (nSPS) is 19.7. The topological polar surface area (TPSA) is 46.2 Å². The highest BCUT2D eigenvalue weighted by Crippen LogP contribution is 2.22. The largest absolute Gasteiger partial charge is 0.380 e. The minimum absolute atomic E-state index is 0.0978. The molecule has 1 aromatic rings. The van der Waals surface area contributed by atoms with Crippen molar-refractivity contribution in [1.82, 2.24) is 0 Å². The van der Waals surface area contributed by atoms with Crippen molar-refractivity contribution in [2.24, 2.45) is 0 Å². The Hall–Kier alpha value is -1.17. The summed E-state index contributed by atoms with van der Waals surface area (Å²) < 4.78 is 49.4. The molecule has 0 aromatic heterocycles. The van der Waals surface area contributed by atoms with E-state index in [0.29, 0.717) is 12.8 Å². The van der Waals surface area contributed by atoms with Crippen LogP contribution < -0.4 is 5.32 Å². The van der Waals surface area contributed by atoms with Crippen molar-refractivity contribution in [3.05, 3.63) is 29.3 Å². The number of aryl methyl sites for hydroxylation is 1. The number of anilines is 1. The Morgan fingerprint density at radius 2 is 1.78 bits per heavy atom. The van der Waals surface area contributed by atoms with Gasteiger partial charge in [-0.1, -0.05) is 0 Å². The first-order valence-corrected chi connectivity index (χ1v) is 7.62. The van der Waals surface area contributed by atoms with Gasteiger partial charge in [-0.3, -0.25) is 0 Å². The maximum absolute atomic E-state index is 13.6. The number of hydrogen-bond acceptors (Lipinski definition) is 3. The van der Waals surface area contributed by atoms with E-state index in [-0.39, 0.29) is 28.8 Å². The molecule has 6 heteroatoms. The molecule has 18 heavy (non-hydrogen) atoms. The fourth-order valence-corrected chi connectivity index (χ4v) is 3.50. The quantitative estimate of drug-likeness (QED) is 0.900. The maximum atomic E-state index is 13.6. The summed E-state index contributed by atoms with van der Waals surface area (Å²) >= 11 is 0. The Morgan fingerprint density at radius 3 is 2.39 bits per heavy atom. The van der Waals surface area contributed by atoms with Gasteiger partial charge >= 0.3 is 0 Å². The molecule has 0 atom stereocenters. The minimum atomic E-state index is -2.94. The van der Waals surface area contributed by atoms with Crippen molar-refractivity contribution >= 4 is 15.5 Å². The SMILES string of the molecule is Cc1cc(F)c(NC2CCS(=O)(=O)CC2)cc1F. The lowest BCUT2D eigenvalue weighted by atomic mass is 10.1. The van der Waals surface area contributed by atoms with Gasteiger partial charge in [-0.15, -0.1) is 0 Å². The summed E-state index contributed by atoms with van der Waals surface area (Å²) in [7, 11) is -2.94. The molecule has 0 radical (unpaired) electrons. The zero-order chi connectivity index (χ0) is 13.3. The molecule has 1 aromatic carbocycles. The Kier molecular flexibility index (Phi) is 3.56. The van der Waals surface area contributed by atoms with Crippen LogP contribution >= 0.6 is 0 Å². The third-order valence-corrected chi connectivity index (χ3v) is 4.88. The van der Waals surface area contributed by atoms with Crippen molar-refractivity contribution in [3.8, 4) is 0 Å². The van der Waals surface area contributed by atoms with Crippen molar-refractivity contribution < 1.29 is 17.2 Å². The van der Waals surface area contributed by atoms with E-state index >= 15 is 0 Å².